The molecule has 0 bridgehead atoms. The van der Waals surface area contributed by atoms with Gasteiger partial charge in [0.15, 0.2) is 6.61 Å². The van der Waals surface area contributed by atoms with E-state index in [-0.39, 0.29) is 4.90 Å². The molecule has 31 heavy (non-hydrogen) atoms. The predicted molar refractivity (Wildman–Crippen MR) is 114 cm³/mol. The molecule has 1 unspecified atom stereocenters. The molecule has 1 amide bonds. The highest BCUT2D eigenvalue weighted by Crippen LogP contribution is 2.15. The number of fused-ring (bicyclic) bond motifs is 1. The van der Waals surface area contributed by atoms with Crippen LogP contribution >= 0.6 is 0 Å². The summed E-state index contributed by atoms with van der Waals surface area (Å²) in [5.41, 5.74) is 2.59. The van der Waals surface area contributed by atoms with Crippen molar-refractivity contribution in [3.63, 3.8) is 0 Å². The molecule has 3 aromatic rings. The van der Waals surface area contributed by atoms with Gasteiger partial charge in [-0.25, -0.2) is 23.3 Å². The molecule has 1 heterocycles. The van der Waals surface area contributed by atoms with E-state index in [1.807, 2.05) is 24.3 Å². The highest BCUT2D eigenvalue weighted by molar-refractivity contribution is 7.89. The van der Waals surface area contributed by atoms with E-state index in [4.69, 9.17) is 9.88 Å². The third-order valence-corrected chi connectivity index (χ3v) is 5.22. The number of aromatic nitrogens is 2. The molecule has 1 aromatic heterocycles. The summed E-state index contributed by atoms with van der Waals surface area (Å²) in [6.07, 6.45) is 4.15. The monoisotopic (exact) mass is 440 g/mol. The molecule has 1 atom stereocenters. The zero-order valence-corrected chi connectivity index (χ0v) is 17.4. The van der Waals surface area contributed by atoms with Crippen molar-refractivity contribution in [3.8, 4) is 0 Å². The molecule has 0 aliphatic carbocycles. The lowest BCUT2D eigenvalue weighted by Gasteiger charge is -2.14. The van der Waals surface area contributed by atoms with E-state index >= 15 is 0 Å². The van der Waals surface area contributed by atoms with Crippen LogP contribution < -0.4 is 10.5 Å². The molecule has 0 aliphatic heterocycles. The number of carbonyl (C=O) groups is 2. The number of hydrogen-bond donors (Lipinski definition) is 2. The summed E-state index contributed by atoms with van der Waals surface area (Å²) < 4.78 is 27.5. The number of nitrogens with two attached hydrogens (primary N) is 1. The second-order valence-electron chi connectivity index (χ2n) is 6.63. The van der Waals surface area contributed by atoms with Crippen LogP contribution in [-0.4, -0.2) is 36.9 Å². The number of esters is 1. The lowest BCUT2D eigenvalue weighted by atomic mass is 10.1. The molecule has 10 heteroatoms. The molecular formula is C21H20N4O5S. The van der Waals surface area contributed by atoms with E-state index in [0.717, 1.165) is 5.52 Å². The van der Waals surface area contributed by atoms with E-state index in [9.17, 15) is 18.0 Å². The molecule has 0 saturated heterocycles. The Labute approximate surface area is 179 Å². The maximum atomic E-state index is 12.0. The first kappa shape index (κ1) is 22.1. The fourth-order valence-electron chi connectivity index (χ4n) is 2.70. The first-order chi connectivity index (χ1) is 14.7. The molecule has 0 spiro atoms. The number of rotatable bonds is 7. The van der Waals surface area contributed by atoms with Crippen molar-refractivity contribution in [1.29, 1.82) is 0 Å². The van der Waals surface area contributed by atoms with Gasteiger partial charge in [0.2, 0.25) is 10.0 Å². The SMILES string of the molecule is CC(NC(=O)COC(=O)/C=C/c1cnc2ccccc2n1)c1ccc(S(N)(=O)=O)cc1. The van der Waals surface area contributed by atoms with E-state index < -0.39 is 34.5 Å². The predicted octanol–water partition coefficient (Wildman–Crippen LogP) is 1.71. The summed E-state index contributed by atoms with van der Waals surface area (Å²) in [7, 11) is -3.78. The Morgan fingerprint density at radius 2 is 1.81 bits per heavy atom. The number of para-hydroxylation sites is 2. The number of ether oxygens (including phenoxy) is 1. The number of primary sulfonamides is 1. The summed E-state index contributed by atoms with van der Waals surface area (Å²) in [5, 5.41) is 7.72. The smallest absolute Gasteiger partial charge is 0.331 e. The maximum absolute atomic E-state index is 12.0. The lowest BCUT2D eigenvalue weighted by molar-refractivity contribution is -0.144. The van der Waals surface area contributed by atoms with Gasteiger partial charge in [-0.15, -0.1) is 0 Å². The van der Waals surface area contributed by atoms with Crippen LogP contribution in [0, 0.1) is 0 Å². The number of nitrogens with one attached hydrogen (secondary N) is 1. The molecule has 160 valence electrons. The van der Waals surface area contributed by atoms with Gasteiger partial charge in [0, 0.05) is 6.08 Å². The molecule has 0 radical (unpaired) electrons. The fraction of sp³-hybridized carbons (Fsp3) is 0.143. The third-order valence-electron chi connectivity index (χ3n) is 4.29. The van der Waals surface area contributed by atoms with E-state index in [0.29, 0.717) is 16.8 Å². The molecule has 3 N–H and O–H groups in total. The molecule has 2 aromatic carbocycles. The third kappa shape index (κ3) is 6.17. The van der Waals surface area contributed by atoms with E-state index in [1.54, 1.807) is 19.1 Å². The second kappa shape index (κ2) is 9.45. The zero-order valence-electron chi connectivity index (χ0n) is 16.6. The maximum Gasteiger partial charge on any atom is 0.331 e. The van der Waals surface area contributed by atoms with Crippen molar-refractivity contribution in [2.75, 3.05) is 6.61 Å². The van der Waals surface area contributed by atoms with Gasteiger partial charge in [-0.05, 0) is 42.8 Å². The second-order valence-corrected chi connectivity index (χ2v) is 8.19. The lowest BCUT2D eigenvalue weighted by Crippen LogP contribution is -2.31. The number of nitrogens with zero attached hydrogens (tertiary/aromatic N) is 2. The summed E-state index contributed by atoms with van der Waals surface area (Å²) in [5.74, 6) is -1.20. The quantitative estimate of drug-likeness (QED) is 0.421. The van der Waals surface area contributed by atoms with Gasteiger partial charge in [-0.2, -0.15) is 0 Å². The normalized spacial score (nSPS) is 12.6. The number of sulfonamides is 1. The number of carbonyl (C=O) groups excluding carboxylic acids is 2. The van der Waals surface area contributed by atoms with Crippen LogP contribution in [0.1, 0.15) is 24.2 Å². The minimum Gasteiger partial charge on any atom is -0.452 e. The number of amides is 1. The van der Waals surface area contributed by atoms with Gasteiger partial charge < -0.3 is 10.1 Å². The van der Waals surface area contributed by atoms with E-state index in [2.05, 4.69) is 15.3 Å². The number of hydrogen-bond acceptors (Lipinski definition) is 7. The van der Waals surface area contributed by atoms with Crippen LogP contribution in [0.5, 0.6) is 0 Å². The fourth-order valence-corrected chi connectivity index (χ4v) is 3.22. The molecule has 3 rings (SSSR count). The summed E-state index contributed by atoms with van der Waals surface area (Å²) in [4.78, 5) is 32.5. The first-order valence-electron chi connectivity index (χ1n) is 9.21. The van der Waals surface area contributed by atoms with Crippen LogP contribution in [0.25, 0.3) is 17.1 Å². The minimum atomic E-state index is -3.78. The van der Waals surface area contributed by atoms with Crippen LogP contribution in [0.3, 0.4) is 0 Å². The van der Waals surface area contributed by atoms with Gasteiger partial charge in [0.05, 0.1) is 33.9 Å². The molecule has 9 nitrogen and oxygen atoms in total. The van der Waals surface area contributed by atoms with Crippen molar-refractivity contribution in [3.05, 3.63) is 72.1 Å². The Kier molecular flexibility index (Phi) is 6.73. The topological polar surface area (TPSA) is 141 Å². The largest absolute Gasteiger partial charge is 0.452 e. The average Bonchev–Trinajstić information content (AvgIpc) is 2.75. The highest BCUT2D eigenvalue weighted by Gasteiger charge is 2.13. The van der Waals surface area contributed by atoms with Gasteiger partial charge in [0.25, 0.3) is 5.91 Å². The minimum absolute atomic E-state index is 0.0217. The molecule has 0 fully saturated rings. The van der Waals surface area contributed by atoms with Crippen molar-refractivity contribution >= 4 is 39.0 Å². The van der Waals surface area contributed by atoms with Crippen LogP contribution in [-0.2, 0) is 24.3 Å². The Bertz CT molecular complexity index is 1240. The van der Waals surface area contributed by atoms with Gasteiger partial charge in [0.1, 0.15) is 0 Å². The Hall–Kier alpha value is -3.63. The van der Waals surface area contributed by atoms with Crippen LogP contribution in [0.4, 0.5) is 0 Å². The zero-order chi connectivity index (χ0) is 22.4. The van der Waals surface area contributed by atoms with Gasteiger partial charge in [-0.3, -0.25) is 9.78 Å². The van der Waals surface area contributed by atoms with Crippen molar-refractivity contribution in [2.24, 2.45) is 5.14 Å². The Balaban J connectivity index is 1.50. The van der Waals surface area contributed by atoms with Gasteiger partial charge >= 0.3 is 5.97 Å². The summed E-state index contributed by atoms with van der Waals surface area (Å²) in [6.45, 7) is 1.25. The van der Waals surface area contributed by atoms with Gasteiger partial charge in [-0.1, -0.05) is 24.3 Å². The molecule has 0 saturated carbocycles. The van der Waals surface area contributed by atoms with Crippen LogP contribution in [0.15, 0.2) is 65.7 Å². The van der Waals surface area contributed by atoms with Crippen molar-refractivity contribution < 1.29 is 22.7 Å². The first-order valence-corrected chi connectivity index (χ1v) is 10.8. The molecule has 0 aliphatic rings. The summed E-state index contributed by atoms with van der Waals surface area (Å²) in [6, 6.07) is 12.7. The average molecular weight is 440 g/mol. The summed E-state index contributed by atoms with van der Waals surface area (Å²) >= 11 is 0. The highest BCUT2D eigenvalue weighted by atomic mass is 32.2. The Morgan fingerprint density at radius 3 is 2.48 bits per heavy atom. The standard InChI is InChI=1S/C21H20N4O5S/c1-14(15-6-9-17(10-7-15)31(22,28)29)24-20(26)13-30-21(27)11-8-16-12-23-18-4-2-3-5-19(18)25-16/h2-12,14H,13H2,1H3,(H,24,26)(H2,22,28,29)/b11-8+. The van der Waals surface area contributed by atoms with Crippen molar-refractivity contribution in [1.82, 2.24) is 15.3 Å². The number of benzene rings is 2. The van der Waals surface area contributed by atoms with E-state index in [1.165, 1.54) is 30.5 Å². The molecular weight excluding hydrogens is 420 g/mol. The van der Waals surface area contributed by atoms with Crippen LogP contribution in [0.2, 0.25) is 0 Å². The van der Waals surface area contributed by atoms with Crippen molar-refractivity contribution in [2.45, 2.75) is 17.9 Å². The Morgan fingerprint density at radius 1 is 1.13 bits per heavy atom.